The highest BCUT2D eigenvalue weighted by atomic mass is 127. The number of guanidine groups is 1. The van der Waals surface area contributed by atoms with Crippen LogP contribution in [0.25, 0.3) is 0 Å². The Balaban J connectivity index is 0.00000288. The van der Waals surface area contributed by atoms with Crippen molar-refractivity contribution in [2.24, 2.45) is 10.7 Å². The third-order valence-electron chi connectivity index (χ3n) is 3.75. The molecule has 0 bridgehead atoms. The minimum atomic E-state index is -0.285. The number of hydrogen-bond acceptors (Lipinski definition) is 3. The number of nitrogens with two attached hydrogens (primary N) is 1. The standard InChI is InChI=1S/C16H23FN4O2.HI/c1-2-23-16(22)21-9-7-13(8-10-21)20-15(18)19-11-12-5-3-4-6-14(12)17;/h3-6,13H,2,7-11H2,1H3,(H3,18,19,20);1H. The second-order valence-corrected chi connectivity index (χ2v) is 5.40. The van der Waals surface area contributed by atoms with Crippen molar-refractivity contribution in [2.75, 3.05) is 19.7 Å². The van der Waals surface area contributed by atoms with Gasteiger partial charge in [0.15, 0.2) is 5.96 Å². The Morgan fingerprint density at radius 2 is 2.08 bits per heavy atom. The van der Waals surface area contributed by atoms with Gasteiger partial charge in [0, 0.05) is 24.7 Å². The fraction of sp³-hybridized carbons (Fsp3) is 0.500. The summed E-state index contributed by atoms with van der Waals surface area (Å²) in [5.74, 6) is 0.00892. The van der Waals surface area contributed by atoms with Crippen LogP contribution in [0.3, 0.4) is 0 Å². The normalized spacial score (nSPS) is 15.6. The van der Waals surface area contributed by atoms with Gasteiger partial charge in [0.25, 0.3) is 0 Å². The smallest absolute Gasteiger partial charge is 0.409 e. The summed E-state index contributed by atoms with van der Waals surface area (Å²) in [5, 5.41) is 3.13. The number of amides is 1. The van der Waals surface area contributed by atoms with Crippen molar-refractivity contribution in [3.05, 3.63) is 35.6 Å². The van der Waals surface area contributed by atoms with E-state index in [2.05, 4.69) is 10.3 Å². The molecule has 0 aromatic heterocycles. The number of carbonyl (C=O) groups is 1. The molecule has 1 aromatic carbocycles. The van der Waals surface area contributed by atoms with E-state index in [1.165, 1.54) is 6.07 Å². The summed E-state index contributed by atoms with van der Waals surface area (Å²) in [7, 11) is 0. The SMILES string of the molecule is CCOC(=O)N1CCC(NC(N)=NCc2ccccc2F)CC1.I. The van der Waals surface area contributed by atoms with Gasteiger partial charge in [-0.05, 0) is 25.8 Å². The van der Waals surface area contributed by atoms with E-state index < -0.39 is 0 Å². The number of rotatable bonds is 4. The van der Waals surface area contributed by atoms with E-state index >= 15 is 0 Å². The molecule has 1 saturated heterocycles. The minimum Gasteiger partial charge on any atom is -0.450 e. The molecule has 134 valence electrons. The van der Waals surface area contributed by atoms with Gasteiger partial charge in [-0.15, -0.1) is 24.0 Å². The first-order valence-corrected chi connectivity index (χ1v) is 7.81. The van der Waals surface area contributed by atoms with Crippen molar-refractivity contribution in [1.82, 2.24) is 10.2 Å². The van der Waals surface area contributed by atoms with Crippen LogP contribution in [0, 0.1) is 5.82 Å². The lowest BCUT2D eigenvalue weighted by Gasteiger charge is -2.31. The highest BCUT2D eigenvalue weighted by Crippen LogP contribution is 2.12. The van der Waals surface area contributed by atoms with E-state index in [4.69, 9.17) is 10.5 Å². The summed E-state index contributed by atoms with van der Waals surface area (Å²) in [4.78, 5) is 17.5. The lowest BCUT2D eigenvalue weighted by molar-refractivity contribution is 0.0963. The fourth-order valence-corrected chi connectivity index (χ4v) is 2.47. The van der Waals surface area contributed by atoms with Crippen molar-refractivity contribution in [1.29, 1.82) is 0 Å². The predicted octanol–water partition coefficient (Wildman–Crippen LogP) is 2.47. The summed E-state index contributed by atoms with van der Waals surface area (Å²) in [6.45, 7) is 3.62. The first kappa shape index (κ1) is 20.5. The molecular weight excluding hydrogens is 426 g/mol. The Kier molecular flexibility index (Phi) is 8.80. The van der Waals surface area contributed by atoms with E-state index in [0.717, 1.165) is 12.8 Å². The predicted molar refractivity (Wildman–Crippen MR) is 102 cm³/mol. The molecule has 3 N–H and O–H groups in total. The first-order chi connectivity index (χ1) is 11.1. The number of ether oxygens (including phenoxy) is 1. The number of hydrogen-bond donors (Lipinski definition) is 2. The first-order valence-electron chi connectivity index (χ1n) is 7.81. The highest BCUT2D eigenvalue weighted by molar-refractivity contribution is 14.0. The van der Waals surface area contributed by atoms with E-state index in [0.29, 0.717) is 31.2 Å². The van der Waals surface area contributed by atoms with Gasteiger partial charge < -0.3 is 20.7 Å². The molecule has 0 saturated carbocycles. The number of benzene rings is 1. The molecule has 24 heavy (non-hydrogen) atoms. The summed E-state index contributed by atoms with van der Waals surface area (Å²) in [5.41, 5.74) is 6.36. The van der Waals surface area contributed by atoms with E-state index in [1.807, 2.05) is 0 Å². The lowest BCUT2D eigenvalue weighted by Crippen LogP contribution is -2.48. The highest BCUT2D eigenvalue weighted by Gasteiger charge is 2.23. The summed E-state index contributed by atoms with van der Waals surface area (Å²) in [6, 6.07) is 6.65. The zero-order valence-electron chi connectivity index (χ0n) is 13.7. The molecule has 6 nitrogen and oxygen atoms in total. The third-order valence-corrected chi connectivity index (χ3v) is 3.75. The molecular formula is C16H24FIN4O2. The fourth-order valence-electron chi connectivity index (χ4n) is 2.47. The molecule has 8 heteroatoms. The molecule has 1 amide bonds. The molecule has 1 heterocycles. The van der Waals surface area contributed by atoms with Crippen LogP contribution < -0.4 is 11.1 Å². The summed E-state index contributed by atoms with van der Waals surface area (Å²) >= 11 is 0. The monoisotopic (exact) mass is 450 g/mol. The van der Waals surface area contributed by atoms with E-state index in [1.54, 1.807) is 30.0 Å². The number of aliphatic imine (C=N–C) groups is 1. The van der Waals surface area contributed by atoms with Crippen LogP contribution in [-0.2, 0) is 11.3 Å². The lowest BCUT2D eigenvalue weighted by atomic mass is 10.1. The Hall–Kier alpha value is -1.58. The van der Waals surface area contributed by atoms with Crippen LogP contribution >= 0.6 is 24.0 Å². The van der Waals surface area contributed by atoms with Crippen molar-refractivity contribution >= 4 is 36.0 Å². The minimum absolute atomic E-state index is 0. The van der Waals surface area contributed by atoms with Crippen LogP contribution in [0.2, 0.25) is 0 Å². The number of halogens is 2. The molecule has 2 rings (SSSR count). The second-order valence-electron chi connectivity index (χ2n) is 5.40. The maximum absolute atomic E-state index is 13.5. The van der Waals surface area contributed by atoms with Crippen molar-refractivity contribution in [3.63, 3.8) is 0 Å². The molecule has 1 fully saturated rings. The summed E-state index contributed by atoms with van der Waals surface area (Å²) in [6.07, 6.45) is 1.27. The largest absolute Gasteiger partial charge is 0.450 e. The number of piperidine rings is 1. The quantitative estimate of drug-likeness (QED) is 0.420. The van der Waals surface area contributed by atoms with Crippen LogP contribution in [0.15, 0.2) is 29.3 Å². The van der Waals surface area contributed by atoms with Gasteiger partial charge in [0.2, 0.25) is 0 Å². The van der Waals surface area contributed by atoms with E-state index in [-0.39, 0.29) is 48.5 Å². The van der Waals surface area contributed by atoms with Gasteiger partial charge in [0.1, 0.15) is 5.82 Å². The molecule has 1 aromatic rings. The number of carbonyl (C=O) groups excluding carboxylic acids is 1. The van der Waals surface area contributed by atoms with Crippen molar-refractivity contribution < 1.29 is 13.9 Å². The Bertz CT molecular complexity index is 563. The molecule has 0 spiro atoms. The Morgan fingerprint density at radius 1 is 1.42 bits per heavy atom. The summed E-state index contributed by atoms with van der Waals surface area (Å²) < 4.78 is 18.5. The Labute approximate surface area is 158 Å². The molecule has 0 unspecified atom stereocenters. The van der Waals surface area contributed by atoms with Gasteiger partial charge in [0.05, 0.1) is 13.2 Å². The zero-order valence-corrected chi connectivity index (χ0v) is 16.0. The maximum atomic E-state index is 13.5. The Morgan fingerprint density at radius 3 is 2.71 bits per heavy atom. The van der Waals surface area contributed by atoms with Gasteiger partial charge in [-0.2, -0.15) is 0 Å². The maximum Gasteiger partial charge on any atom is 0.409 e. The molecule has 0 radical (unpaired) electrons. The van der Waals surface area contributed by atoms with Crippen LogP contribution in [0.1, 0.15) is 25.3 Å². The van der Waals surface area contributed by atoms with Gasteiger partial charge in [-0.1, -0.05) is 18.2 Å². The average Bonchev–Trinajstić information content (AvgIpc) is 2.55. The third kappa shape index (κ3) is 6.14. The molecule has 0 atom stereocenters. The van der Waals surface area contributed by atoms with Gasteiger partial charge in [-0.3, -0.25) is 0 Å². The average molecular weight is 450 g/mol. The molecule has 1 aliphatic rings. The van der Waals surface area contributed by atoms with Crippen LogP contribution in [-0.4, -0.2) is 42.7 Å². The second kappa shape index (κ2) is 10.3. The van der Waals surface area contributed by atoms with Gasteiger partial charge in [-0.25, -0.2) is 14.2 Å². The number of likely N-dealkylation sites (tertiary alicyclic amines) is 1. The van der Waals surface area contributed by atoms with Crippen LogP contribution in [0.5, 0.6) is 0 Å². The zero-order chi connectivity index (χ0) is 16.7. The number of nitrogens with zero attached hydrogens (tertiary/aromatic N) is 2. The van der Waals surface area contributed by atoms with Gasteiger partial charge >= 0.3 is 6.09 Å². The molecule has 1 aliphatic heterocycles. The number of nitrogens with one attached hydrogen (secondary N) is 1. The topological polar surface area (TPSA) is 80.0 Å². The molecule has 0 aliphatic carbocycles. The van der Waals surface area contributed by atoms with E-state index in [9.17, 15) is 9.18 Å². The van der Waals surface area contributed by atoms with Crippen molar-refractivity contribution in [3.8, 4) is 0 Å². The van der Waals surface area contributed by atoms with Crippen LogP contribution in [0.4, 0.5) is 9.18 Å². The van der Waals surface area contributed by atoms with Crippen molar-refractivity contribution in [2.45, 2.75) is 32.4 Å².